The van der Waals surface area contributed by atoms with Crippen molar-refractivity contribution in [1.29, 1.82) is 0 Å². The second kappa shape index (κ2) is 6.16. The van der Waals surface area contributed by atoms with Crippen LogP contribution in [0.5, 0.6) is 0 Å². The van der Waals surface area contributed by atoms with Gasteiger partial charge in [-0.15, -0.1) is 0 Å². The normalized spacial score (nSPS) is 12.3. The number of aliphatic carboxylic acids is 1. The number of rotatable bonds is 4. The summed E-state index contributed by atoms with van der Waals surface area (Å²) in [5.74, 6) is -1.63. The molecule has 3 nitrogen and oxygen atoms in total. The molecule has 0 aliphatic heterocycles. The van der Waals surface area contributed by atoms with Crippen LogP contribution < -0.4 is 0 Å². The Bertz CT molecular complexity index is 859. The average molecular weight is 309 g/mol. The van der Waals surface area contributed by atoms with Gasteiger partial charge in [0.15, 0.2) is 0 Å². The molecule has 0 saturated carbocycles. The fourth-order valence-electron chi connectivity index (χ4n) is 2.82. The molecule has 3 aromatic rings. The van der Waals surface area contributed by atoms with E-state index >= 15 is 0 Å². The van der Waals surface area contributed by atoms with E-state index in [1.807, 2.05) is 37.3 Å². The summed E-state index contributed by atoms with van der Waals surface area (Å²) in [6.07, 6.45) is 2.23. The van der Waals surface area contributed by atoms with Crippen LogP contribution in [0.1, 0.15) is 24.8 Å². The summed E-state index contributed by atoms with van der Waals surface area (Å²) in [6.45, 7) is 1.85. The number of hydrogen-bond donors (Lipinski definition) is 1. The molecular formula is C19H16FNO2. The number of benzene rings is 2. The molecule has 1 heterocycles. The van der Waals surface area contributed by atoms with Gasteiger partial charge < -0.3 is 5.11 Å². The summed E-state index contributed by atoms with van der Waals surface area (Å²) in [5, 5.41) is 9.98. The van der Waals surface area contributed by atoms with Crippen molar-refractivity contribution in [1.82, 2.24) is 4.98 Å². The Labute approximate surface area is 133 Å². The summed E-state index contributed by atoms with van der Waals surface area (Å²) in [7, 11) is 0. The lowest BCUT2D eigenvalue weighted by atomic mass is 9.93. The first-order valence-electron chi connectivity index (χ1n) is 7.47. The quantitative estimate of drug-likeness (QED) is 0.765. The van der Waals surface area contributed by atoms with Crippen LogP contribution in [0.4, 0.5) is 4.39 Å². The van der Waals surface area contributed by atoms with E-state index in [1.54, 1.807) is 12.3 Å². The maximum absolute atomic E-state index is 13.5. The highest BCUT2D eigenvalue weighted by Gasteiger charge is 2.17. The largest absolute Gasteiger partial charge is 0.481 e. The van der Waals surface area contributed by atoms with Crippen molar-refractivity contribution in [2.75, 3.05) is 0 Å². The van der Waals surface area contributed by atoms with Crippen molar-refractivity contribution in [3.8, 4) is 11.1 Å². The lowest BCUT2D eigenvalue weighted by Crippen LogP contribution is -2.10. The van der Waals surface area contributed by atoms with E-state index in [0.717, 1.165) is 27.6 Å². The standard InChI is InChI=1S/C19H16FNO2/c1-2-15(19(22)23)12-3-5-13(6-4-12)16-9-10-21-18-8-7-14(20)11-17(16)18/h3-11,15H,2H2,1H3,(H,22,23)/t15-/m1/s1. The smallest absolute Gasteiger partial charge is 0.310 e. The minimum atomic E-state index is -0.823. The number of nitrogens with zero attached hydrogens (tertiary/aromatic N) is 1. The van der Waals surface area contributed by atoms with E-state index in [2.05, 4.69) is 4.98 Å². The summed E-state index contributed by atoms with van der Waals surface area (Å²) in [5.41, 5.74) is 3.29. The maximum Gasteiger partial charge on any atom is 0.310 e. The lowest BCUT2D eigenvalue weighted by molar-refractivity contribution is -0.138. The van der Waals surface area contributed by atoms with Crippen molar-refractivity contribution >= 4 is 16.9 Å². The van der Waals surface area contributed by atoms with Gasteiger partial charge >= 0.3 is 5.97 Å². The molecule has 116 valence electrons. The SMILES string of the molecule is CC[C@@H](C(=O)O)c1ccc(-c2ccnc3ccc(F)cc23)cc1. The van der Waals surface area contributed by atoms with Gasteiger partial charge in [0, 0.05) is 11.6 Å². The van der Waals surface area contributed by atoms with E-state index in [0.29, 0.717) is 6.42 Å². The number of carboxylic acid groups (broad SMARTS) is 1. The molecular weight excluding hydrogens is 293 g/mol. The zero-order valence-corrected chi connectivity index (χ0v) is 12.7. The average Bonchev–Trinajstić information content (AvgIpc) is 2.55. The van der Waals surface area contributed by atoms with E-state index in [9.17, 15) is 14.3 Å². The molecule has 4 heteroatoms. The summed E-state index contributed by atoms with van der Waals surface area (Å²) in [4.78, 5) is 15.5. The molecule has 0 aliphatic carbocycles. The molecule has 1 atom stereocenters. The van der Waals surface area contributed by atoms with E-state index < -0.39 is 11.9 Å². The van der Waals surface area contributed by atoms with Crippen LogP contribution in [0.3, 0.4) is 0 Å². The summed E-state index contributed by atoms with van der Waals surface area (Å²) < 4.78 is 13.5. The fourth-order valence-corrected chi connectivity index (χ4v) is 2.82. The predicted molar refractivity (Wildman–Crippen MR) is 87.8 cm³/mol. The third-order valence-corrected chi connectivity index (χ3v) is 4.03. The Kier molecular flexibility index (Phi) is 4.06. The van der Waals surface area contributed by atoms with Crippen molar-refractivity contribution in [2.45, 2.75) is 19.3 Å². The molecule has 0 amide bonds. The highest BCUT2D eigenvalue weighted by Crippen LogP contribution is 2.29. The molecule has 0 aliphatic rings. The van der Waals surface area contributed by atoms with Crippen LogP contribution in [0.2, 0.25) is 0 Å². The Hall–Kier alpha value is -2.75. The highest BCUT2D eigenvalue weighted by atomic mass is 19.1. The van der Waals surface area contributed by atoms with E-state index in [4.69, 9.17) is 0 Å². The van der Waals surface area contributed by atoms with Gasteiger partial charge in [-0.1, -0.05) is 31.2 Å². The van der Waals surface area contributed by atoms with Crippen LogP contribution >= 0.6 is 0 Å². The third kappa shape index (κ3) is 2.93. The van der Waals surface area contributed by atoms with Crippen LogP contribution in [0, 0.1) is 5.82 Å². The van der Waals surface area contributed by atoms with Gasteiger partial charge in [0.1, 0.15) is 5.82 Å². The molecule has 0 bridgehead atoms. The first kappa shape index (κ1) is 15.2. The van der Waals surface area contributed by atoms with Gasteiger partial charge in [-0.25, -0.2) is 4.39 Å². The zero-order chi connectivity index (χ0) is 16.4. The Morgan fingerprint density at radius 2 is 1.91 bits per heavy atom. The minimum absolute atomic E-state index is 0.305. The Morgan fingerprint density at radius 1 is 1.17 bits per heavy atom. The van der Waals surface area contributed by atoms with Crippen LogP contribution in [0.15, 0.2) is 54.7 Å². The number of carboxylic acids is 1. The molecule has 0 unspecified atom stereocenters. The zero-order valence-electron chi connectivity index (χ0n) is 12.7. The van der Waals surface area contributed by atoms with Gasteiger partial charge in [0.25, 0.3) is 0 Å². The second-order valence-corrected chi connectivity index (χ2v) is 5.44. The monoisotopic (exact) mass is 309 g/mol. The molecule has 1 aromatic heterocycles. The topological polar surface area (TPSA) is 50.2 Å². The Balaban J connectivity index is 2.06. The van der Waals surface area contributed by atoms with E-state index in [1.165, 1.54) is 12.1 Å². The molecule has 0 saturated heterocycles. The third-order valence-electron chi connectivity index (χ3n) is 4.03. The molecule has 23 heavy (non-hydrogen) atoms. The minimum Gasteiger partial charge on any atom is -0.481 e. The van der Waals surface area contributed by atoms with Crippen LogP contribution in [-0.2, 0) is 4.79 Å². The second-order valence-electron chi connectivity index (χ2n) is 5.44. The summed E-state index contributed by atoms with van der Waals surface area (Å²) >= 11 is 0. The molecule has 0 spiro atoms. The maximum atomic E-state index is 13.5. The highest BCUT2D eigenvalue weighted by molar-refractivity contribution is 5.94. The first-order chi connectivity index (χ1) is 11.1. The molecule has 1 N–H and O–H groups in total. The number of hydrogen-bond acceptors (Lipinski definition) is 2. The van der Waals surface area contributed by atoms with Crippen molar-refractivity contribution < 1.29 is 14.3 Å². The van der Waals surface area contributed by atoms with Gasteiger partial charge in [0.2, 0.25) is 0 Å². The summed E-state index contributed by atoms with van der Waals surface area (Å²) in [6, 6.07) is 13.7. The van der Waals surface area contributed by atoms with Gasteiger partial charge in [-0.2, -0.15) is 0 Å². The molecule has 2 aromatic carbocycles. The lowest BCUT2D eigenvalue weighted by Gasteiger charge is -2.12. The first-order valence-corrected chi connectivity index (χ1v) is 7.47. The van der Waals surface area contributed by atoms with Crippen LogP contribution in [-0.4, -0.2) is 16.1 Å². The molecule has 3 rings (SSSR count). The number of carbonyl (C=O) groups is 1. The fraction of sp³-hybridized carbons (Fsp3) is 0.158. The van der Waals surface area contributed by atoms with E-state index in [-0.39, 0.29) is 5.82 Å². The van der Waals surface area contributed by atoms with Crippen molar-refractivity contribution in [3.05, 3.63) is 66.1 Å². The van der Waals surface area contributed by atoms with Gasteiger partial charge in [-0.3, -0.25) is 9.78 Å². The van der Waals surface area contributed by atoms with Gasteiger partial charge in [-0.05, 0) is 47.4 Å². The van der Waals surface area contributed by atoms with Crippen molar-refractivity contribution in [3.63, 3.8) is 0 Å². The molecule has 0 radical (unpaired) electrons. The van der Waals surface area contributed by atoms with Gasteiger partial charge in [0.05, 0.1) is 11.4 Å². The molecule has 0 fully saturated rings. The number of halogens is 1. The number of fused-ring (bicyclic) bond motifs is 1. The number of pyridine rings is 1. The van der Waals surface area contributed by atoms with Crippen molar-refractivity contribution in [2.24, 2.45) is 0 Å². The Morgan fingerprint density at radius 3 is 2.57 bits per heavy atom. The number of aromatic nitrogens is 1. The predicted octanol–water partition coefficient (Wildman–Crippen LogP) is 4.62. The van der Waals surface area contributed by atoms with Crippen LogP contribution in [0.25, 0.3) is 22.0 Å².